The molecule has 1 aliphatic carbocycles. The van der Waals surface area contributed by atoms with Gasteiger partial charge in [-0.05, 0) is 55.5 Å². The van der Waals surface area contributed by atoms with Crippen LogP contribution < -0.4 is 5.32 Å². The molecule has 0 bridgehead atoms. The van der Waals surface area contributed by atoms with Crippen molar-refractivity contribution in [1.29, 1.82) is 0 Å². The number of hydrogen-bond acceptors (Lipinski definition) is 5. The second kappa shape index (κ2) is 7.39. The largest absolute Gasteiger partial charge is 0.396 e. The highest BCUT2D eigenvalue weighted by atomic mass is 35.5. The van der Waals surface area contributed by atoms with Crippen LogP contribution in [-0.2, 0) is 0 Å². The van der Waals surface area contributed by atoms with Crippen LogP contribution in [0.25, 0.3) is 17.0 Å². The average molecular weight is 392 g/mol. The van der Waals surface area contributed by atoms with E-state index < -0.39 is 0 Å². The number of hydrogen-bond donors (Lipinski definition) is 2. The molecule has 26 heavy (non-hydrogen) atoms. The van der Waals surface area contributed by atoms with Crippen molar-refractivity contribution in [3.8, 4) is 11.4 Å². The van der Waals surface area contributed by atoms with Crippen LogP contribution in [0.5, 0.6) is 0 Å². The van der Waals surface area contributed by atoms with Crippen molar-refractivity contribution in [2.45, 2.75) is 31.7 Å². The number of aromatic nitrogens is 4. The number of aliphatic hydroxyl groups excluding tert-OH is 1. The smallest absolute Gasteiger partial charge is 0.185 e. The maximum Gasteiger partial charge on any atom is 0.185 e. The van der Waals surface area contributed by atoms with Crippen LogP contribution in [-0.4, -0.2) is 37.6 Å². The quantitative estimate of drug-likeness (QED) is 0.685. The van der Waals surface area contributed by atoms with E-state index >= 15 is 0 Å². The molecular formula is C18H19Cl2N5O. The average Bonchev–Trinajstić information content (AvgIpc) is 3.21. The van der Waals surface area contributed by atoms with E-state index in [-0.39, 0.29) is 6.61 Å². The molecule has 0 amide bonds. The van der Waals surface area contributed by atoms with E-state index in [9.17, 15) is 5.11 Å². The zero-order chi connectivity index (χ0) is 18.1. The lowest BCUT2D eigenvalue weighted by molar-refractivity contribution is 0.254. The first-order valence-corrected chi connectivity index (χ1v) is 9.46. The zero-order valence-electron chi connectivity index (χ0n) is 14.1. The van der Waals surface area contributed by atoms with E-state index in [1.807, 2.05) is 12.1 Å². The van der Waals surface area contributed by atoms with E-state index in [1.165, 1.54) is 6.42 Å². The maximum atomic E-state index is 9.25. The van der Waals surface area contributed by atoms with Gasteiger partial charge >= 0.3 is 0 Å². The van der Waals surface area contributed by atoms with Crippen LogP contribution in [0.3, 0.4) is 0 Å². The van der Waals surface area contributed by atoms with Crippen molar-refractivity contribution in [2.75, 3.05) is 11.9 Å². The topological polar surface area (TPSA) is 75.3 Å². The fraction of sp³-hybridized carbons (Fsp3) is 0.389. The highest BCUT2D eigenvalue weighted by molar-refractivity contribution is 6.35. The lowest BCUT2D eigenvalue weighted by atomic mass is 10.0. The molecule has 0 saturated heterocycles. The minimum atomic E-state index is 0.223. The first kappa shape index (κ1) is 17.5. The summed E-state index contributed by atoms with van der Waals surface area (Å²) < 4.78 is 1.69. The molecule has 0 aliphatic heterocycles. The van der Waals surface area contributed by atoms with E-state index in [0.29, 0.717) is 33.5 Å². The summed E-state index contributed by atoms with van der Waals surface area (Å²) in [5.74, 6) is 1.83. The fourth-order valence-corrected chi connectivity index (χ4v) is 4.18. The highest BCUT2D eigenvalue weighted by Gasteiger charge is 2.27. The van der Waals surface area contributed by atoms with Crippen LogP contribution in [0, 0.1) is 5.92 Å². The van der Waals surface area contributed by atoms with Crippen LogP contribution in [0.1, 0.15) is 25.7 Å². The number of halogens is 2. The van der Waals surface area contributed by atoms with Gasteiger partial charge in [0, 0.05) is 28.3 Å². The SMILES string of the molecule is OCCC1CCCC1Nc1ccc2nnc(-c3cc(Cl)cc(Cl)c3)n2n1. The Balaban J connectivity index is 1.66. The molecule has 2 N–H and O–H groups in total. The third-order valence-electron chi connectivity index (χ3n) is 4.88. The summed E-state index contributed by atoms with van der Waals surface area (Å²) in [6.07, 6.45) is 4.21. The summed E-state index contributed by atoms with van der Waals surface area (Å²) in [4.78, 5) is 0. The molecule has 2 atom stereocenters. The van der Waals surface area contributed by atoms with Crippen LogP contribution in [0.2, 0.25) is 10.0 Å². The third-order valence-corrected chi connectivity index (χ3v) is 5.31. The first-order chi connectivity index (χ1) is 12.6. The Bertz CT molecular complexity index is 909. The number of aliphatic hydroxyl groups is 1. The molecule has 2 aromatic heterocycles. The van der Waals surface area contributed by atoms with Gasteiger partial charge in [0.15, 0.2) is 11.5 Å². The van der Waals surface area contributed by atoms with E-state index in [0.717, 1.165) is 30.6 Å². The van der Waals surface area contributed by atoms with E-state index in [1.54, 1.807) is 22.7 Å². The number of nitrogens with zero attached hydrogens (tertiary/aromatic N) is 4. The standard InChI is InChI=1S/C18H19Cl2N5O/c19-13-8-12(9-14(20)10-13)18-23-22-17-5-4-16(24-25(17)18)21-15-3-1-2-11(15)6-7-26/h4-5,8-11,15,26H,1-3,6-7H2,(H,21,24). The Morgan fingerprint density at radius 1 is 1.12 bits per heavy atom. The minimum absolute atomic E-state index is 0.223. The van der Waals surface area contributed by atoms with Gasteiger partial charge < -0.3 is 10.4 Å². The predicted octanol–water partition coefficient (Wildman–Crippen LogP) is 4.06. The minimum Gasteiger partial charge on any atom is -0.396 e. The predicted molar refractivity (Wildman–Crippen MR) is 103 cm³/mol. The fourth-order valence-electron chi connectivity index (χ4n) is 3.66. The van der Waals surface area contributed by atoms with Crippen molar-refractivity contribution >= 4 is 34.7 Å². The molecule has 2 heterocycles. The Labute approximate surface area is 161 Å². The van der Waals surface area contributed by atoms with Gasteiger partial charge in [0.2, 0.25) is 0 Å². The molecule has 6 nitrogen and oxygen atoms in total. The van der Waals surface area contributed by atoms with Crippen molar-refractivity contribution in [2.24, 2.45) is 5.92 Å². The number of benzene rings is 1. The molecule has 0 radical (unpaired) electrons. The molecule has 1 fully saturated rings. The summed E-state index contributed by atoms with van der Waals surface area (Å²) in [6, 6.07) is 9.38. The van der Waals surface area contributed by atoms with Crippen LogP contribution >= 0.6 is 23.2 Å². The molecule has 3 aromatic rings. The van der Waals surface area contributed by atoms with Gasteiger partial charge in [0.05, 0.1) is 0 Å². The van der Waals surface area contributed by atoms with Gasteiger partial charge in [-0.15, -0.1) is 15.3 Å². The Hall–Kier alpha value is -1.89. The summed E-state index contributed by atoms with van der Waals surface area (Å²) >= 11 is 12.2. The number of rotatable bonds is 5. The van der Waals surface area contributed by atoms with Gasteiger partial charge in [-0.1, -0.05) is 29.6 Å². The van der Waals surface area contributed by atoms with Crippen LogP contribution in [0.4, 0.5) is 5.82 Å². The van der Waals surface area contributed by atoms with Crippen molar-refractivity contribution in [3.05, 3.63) is 40.4 Å². The molecule has 4 rings (SSSR count). The van der Waals surface area contributed by atoms with Gasteiger partial charge in [0.25, 0.3) is 0 Å². The Morgan fingerprint density at radius 3 is 2.69 bits per heavy atom. The van der Waals surface area contributed by atoms with Gasteiger partial charge in [-0.3, -0.25) is 0 Å². The number of fused-ring (bicyclic) bond motifs is 1. The van der Waals surface area contributed by atoms with Crippen molar-refractivity contribution < 1.29 is 5.11 Å². The molecule has 136 valence electrons. The third kappa shape index (κ3) is 3.49. The van der Waals surface area contributed by atoms with Crippen molar-refractivity contribution in [3.63, 3.8) is 0 Å². The monoisotopic (exact) mass is 391 g/mol. The molecule has 1 aliphatic rings. The normalized spacial score (nSPS) is 20.0. The van der Waals surface area contributed by atoms with Gasteiger partial charge in [0.1, 0.15) is 5.82 Å². The first-order valence-electron chi connectivity index (χ1n) is 8.70. The molecule has 1 saturated carbocycles. The van der Waals surface area contributed by atoms with Gasteiger partial charge in [-0.25, -0.2) is 0 Å². The molecule has 0 spiro atoms. The zero-order valence-corrected chi connectivity index (χ0v) is 15.6. The van der Waals surface area contributed by atoms with Crippen molar-refractivity contribution in [1.82, 2.24) is 19.8 Å². The van der Waals surface area contributed by atoms with Crippen LogP contribution in [0.15, 0.2) is 30.3 Å². The molecule has 1 aromatic carbocycles. The summed E-state index contributed by atoms with van der Waals surface area (Å²) in [5.41, 5.74) is 1.42. The summed E-state index contributed by atoms with van der Waals surface area (Å²) in [7, 11) is 0. The summed E-state index contributed by atoms with van der Waals surface area (Å²) in [5, 5.41) is 26.9. The highest BCUT2D eigenvalue weighted by Crippen LogP contribution is 2.31. The Kier molecular flexibility index (Phi) is 4.98. The second-order valence-electron chi connectivity index (χ2n) is 6.62. The van der Waals surface area contributed by atoms with Gasteiger partial charge in [-0.2, -0.15) is 4.52 Å². The Morgan fingerprint density at radius 2 is 1.92 bits per heavy atom. The molecule has 8 heteroatoms. The number of anilines is 1. The maximum absolute atomic E-state index is 9.25. The lowest BCUT2D eigenvalue weighted by Gasteiger charge is -2.20. The van der Waals surface area contributed by atoms with E-state index in [4.69, 9.17) is 23.2 Å². The molecular weight excluding hydrogens is 373 g/mol. The van der Waals surface area contributed by atoms with E-state index in [2.05, 4.69) is 20.6 Å². The number of nitrogens with one attached hydrogen (secondary N) is 1. The lowest BCUT2D eigenvalue weighted by Crippen LogP contribution is -2.25. The summed E-state index contributed by atoms with van der Waals surface area (Å²) in [6.45, 7) is 0.223. The second-order valence-corrected chi connectivity index (χ2v) is 7.50. The molecule has 2 unspecified atom stereocenters.